The molecule has 0 radical (unpaired) electrons. The molecule has 0 fully saturated rings. The third-order valence-electron chi connectivity index (χ3n) is 20.2. The van der Waals surface area contributed by atoms with Crippen molar-refractivity contribution >= 4 is 113 Å². The molecule has 96 heavy (non-hydrogen) atoms. The predicted molar refractivity (Wildman–Crippen MR) is 414 cm³/mol. The predicted octanol–water partition coefficient (Wildman–Crippen LogP) is 26.2. The Morgan fingerprint density at radius 1 is 0.323 bits per heavy atom. The first kappa shape index (κ1) is 69.1. The summed E-state index contributed by atoms with van der Waals surface area (Å²) < 4.78 is 5.45. The first-order valence-corrected chi connectivity index (χ1v) is 40.2. The minimum absolute atomic E-state index is 0.170. The first-order chi connectivity index (χ1) is 47.1. The fraction of sp³-hybridized carbons (Fsp3) is 0.419. The number of allylic oxidation sites excluding steroid dienone is 2. The van der Waals surface area contributed by atoms with Crippen LogP contribution in [0.4, 0.5) is 0 Å². The number of rotatable bonds is 36. The fourth-order valence-corrected chi connectivity index (χ4v) is 19.9. The number of unbranched alkanes of at least 4 members (excludes halogenated alkanes) is 18. The van der Waals surface area contributed by atoms with Crippen LogP contribution in [0.5, 0.6) is 0 Å². The number of hydrogen-bond donors (Lipinski definition) is 0. The number of nitrogens with zero attached hydrogens (tertiary/aromatic N) is 2. The third-order valence-corrected chi connectivity index (χ3v) is 25.2. The van der Waals surface area contributed by atoms with Crippen LogP contribution in [-0.4, -0.2) is 32.3 Å². The van der Waals surface area contributed by atoms with Crippen molar-refractivity contribution in [1.29, 1.82) is 0 Å². The van der Waals surface area contributed by atoms with E-state index in [1.165, 1.54) is 211 Å². The van der Waals surface area contributed by atoms with Crippen molar-refractivity contribution in [2.75, 3.05) is 0 Å². The summed E-state index contributed by atoms with van der Waals surface area (Å²) in [5, 5.41) is 2.66. The van der Waals surface area contributed by atoms with Gasteiger partial charge in [0.15, 0.2) is 23.1 Å². The van der Waals surface area contributed by atoms with Gasteiger partial charge in [0.2, 0.25) is 0 Å². The Balaban J connectivity index is 0.974. The van der Waals surface area contributed by atoms with Crippen molar-refractivity contribution < 1.29 is 19.2 Å². The van der Waals surface area contributed by atoms with Crippen LogP contribution in [0.15, 0.2) is 120 Å². The van der Waals surface area contributed by atoms with E-state index in [9.17, 15) is 19.2 Å². The lowest BCUT2D eigenvalue weighted by Gasteiger charge is -2.12. The standard InChI is InChI=1S/C86H98N2O4S4/c1-7-13-19-25-35-57-49-63(55-71-79(89)65-39-29-30-40-66(65)80(71)90)93-85(57)75-53-59(37-27-21-15-9-3)83(95-75)61-43-45-69-73(51-61)87(47-33-23-17-11-5)78-70-46-44-62(52-74(70)88(77(69)78)48-34-24-18-12-6)84-60(38-28-22-16-10-4)54-76(96-84)86-58(36-26-20-14-8-2)50-64(94-86)56-72-81(91)67-41-31-32-42-68(67)82(72)92/h29-32,39-46,49-56H,7-28,33-38,47-48H2,1-6H3. The molecule has 6 heterocycles. The van der Waals surface area contributed by atoms with Gasteiger partial charge in [0.1, 0.15) is 0 Å². The number of hydrogen-bond acceptors (Lipinski definition) is 8. The smallest absolute Gasteiger partial charge is 0.197 e. The molecule has 10 heteroatoms. The van der Waals surface area contributed by atoms with Crippen molar-refractivity contribution in [3.8, 4) is 40.4 Å². The van der Waals surface area contributed by atoms with Gasteiger partial charge >= 0.3 is 0 Å². The van der Waals surface area contributed by atoms with E-state index in [2.05, 4.69) is 111 Å². The Kier molecular flexibility index (Phi) is 23.5. The second-order valence-corrected chi connectivity index (χ2v) is 31.6. The molecular formula is C86H98N2O4S4. The summed E-state index contributed by atoms with van der Waals surface area (Å²) in [5.74, 6) is -0.680. The highest BCUT2D eigenvalue weighted by Gasteiger charge is 2.35. The van der Waals surface area contributed by atoms with Gasteiger partial charge in [-0.2, -0.15) is 0 Å². The zero-order valence-corrected chi connectivity index (χ0v) is 61.2. The largest absolute Gasteiger partial charge is 0.339 e. The van der Waals surface area contributed by atoms with Crippen molar-refractivity contribution in [3.05, 3.63) is 175 Å². The Bertz CT molecular complexity index is 4140. The second-order valence-electron chi connectivity index (χ2n) is 27.3. The monoisotopic (exact) mass is 1350 g/mol. The summed E-state index contributed by atoms with van der Waals surface area (Å²) in [4.78, 5) is 64.8. The summed E-state index contributed by atoms with van der Waals surface area (Å²) in [6.07, 6.45) is 36.1. The molecule has 0 N–H and O–H groups in total. The minimum Gasteiger partial charge on any atom is -0.339 e. The quantitative estimate of drug-likeness (QED) is 0.0223. The number of ketones is 4. The molecule has 12 rings (SSSR count). The summed E-state index contributed by atoms with van der Waals surface area (Å²) in [5.41, 5.74) is 16.0. The molecule has 0 amide bonds. The molecule has 0 saturated heterocycles. The highest BCUT2D eigenvalue weighted by Crippen LogP contribution is 2.49. The van der Waals surface area contributed by atoms with Crippen molar-refractivity contribution in [1.82, 2.24) is 9.13 Å². The number of Topliss-reactive ketones (excluding diaryl/α,β-unsaturated/α-hetero) is 4. The van der Waals surface area contributed by atoms with Crippen molar-refractivity contribution in [3.63, 3.8) is 0 Å². The minimum atomic E-state index is -0.170. The van der Waals surface area contributed by atoms with E-state index in [1.807, 2.05) is 59.1 Å². The van der Waals surface area contributed by atoms with Crippen LogP contribution in [0, 0.1) is 0 Å². The molecule has 500 valence electrons. The third kappa shape index (κ3) is 14.8. The summed E-state index contributed by atoms with van der Waals surface area (Å²) in [6.45, 7) is 15.7. The lowest BCUT2D eigenvalue weighted by Crippen LogP contribution is -1.99. The molecule has 6 nitrogen and oxygen atoms in total. The SMILES string of the molecule is CCCCCCc1cc(-c2sc(C=C3C(=O)c4ccccc4C3=O)cc2CCCCCC)sc1-c1ccc2c(c1)n(CCCCCC)c1c3ccc(-c4sc(-c5sc(C=C6C(=O)c7ccccc7C6=O)cc5CCCCCC)cc4CCCCCC)cc3n(CCCCCC)c21. The van der Waals surface area contributed by atoms with Crippen LogP contribution >= 0.6 is 45.3 Å². The molecule has 6 aromatic heterocycles. The van der Waals surface area contributed by atoms with Gasteiger partial charge in [-0.15, -0.1) is 45.3 Å². The zero-order chi connectivity index (χ0) is 66.7. The van der Waals surface area contributed by atoms with Crippen LogP contribution in [0.1, 0.15) is 269 Å². The van der Waals surface area contributed by atoms with Crippen molar-refractivity contribution in [2.45, 2.75) is 234 Å². The molecule has 0 unspecified atom stereocenters. The maximum absolute atomic E-state index is 13.7. The van der Waals surface area contributed by atoms with Crippen LogP contribution in [0.3, 0.4) is 0 Å². The number of benzene rings is 4. The molecule has 0 atom stereocenters. The summed E-state index contributed by atoms with van der Waals surface area (Å²) >= 11 is 7.37. The average Bonchev–Trinajstić information content (AvgIpc) is 1.55. The van der Waals surface area contributed by atoms with E-state index in [4.69, 9.17) is 0 Å². The number of aromatic nitrogens is 2. The van der Waals surface area contributed by atoms with Gasteiger partial charge in [-0.05, 0) is 146 Å². The van der Waals surface area contributed by atoms with Crippen molar-refractivity contribution in [2.24, 2.45) is 0 Å². The van der Waals surface area contributed by atoms with Gasteiger partial charge < -0.3 is 9.13 Å². The highest BCUT2D eigenvalue weighted by molar-refractivity contribution is 7.25. The van der Waals surface area contributed by atoms with Gasteiger partial charge in [0.25, 0.3) is 0 Å². The number of aryl methyl sites for hydroxylation is 6. The molecule has 10 aromatic rings. The molecular weight excluding hydrogens is 1250 g/mol. The molecule has 2 aliphatic rings. The number of carbonyl (C=O) groups excluding carboxylic acids is 4. The Labute approximate surface area is 587 Å². The van der Waals surface area contributed by atoms with E-state index < -0.39 is 0 Å². The second kappa shape index (κ2) is 32.7. The average molecular weight is 1350 g/mol. The Morgan fingerprint density at radius 2 is 0.635 bits per heavy atom. The topological polar surface area (TPSA) is 78.1 Å². The number of thiophene rings is 4. The van der Waals surface area contributed by atoms with E-state index in [-0.39, 0.29) is 34.3 Å². The highest BCUT2D eigenvalue weighted by atomic mass is 32.1. The van der Waals surface area contributed by atoms with E-state index in [1.54, 1.807) is 46.9 Å². The van der Waals surface area contributed by atoms with Gasteiger partial charge in [-0.25, -0.2) is 0 Å². The lowest BCUT2D eigenvalue weighted by molar-refractivity contribution is 0.0975. The molecule has 0 saturated carbocycles. The maximum Gasteiger partial charge on any atom is 0.197 e. The van der Waals surface area contributed by atoms with E-state index in [0.29, 0.717) is 22.3 Å². The molecule has 2 aliphatic carbocycles. The lowest BCUT2D eigenvalue weighted by atomic mass is 10.0. The van der Waals surface area contributed by atoms with Gasteiger partial charge in [-0.3, -0.25) is 19.2 Å². The molecule has 0 bridgehead atoms. The molecule has 0 spiro atoms. The number of carbonyl (C=O) groups is 4. The normalized spacial score (nSPS) is 13.1. The first-order valence-electron chi connectivity index (χ1n) is 37.0. The Hall–Kier alpha value is -6.82. The summed E-state index contributed by atoms with van der Waals surface area (Å²) in [6, 6.07) is 39.0. The van der Waals surface area contributed by atoms with Gasteiger partial charge in [0.05, 0.1) is 33.2 Å². The van der Waals surface area contributed by atoms with Crippen LogP contribution in [-0.2, 0) is 38.8 Å². The molecule has 4 aromatic carbocycles. The van der Waals surface area contributed by atoms with Crippen LogP contribution in [0.2, 0.25) is 0 Å². The van der Waals surface area contributed by atoms with Gasteiger partial charge in [-0.1, -0.05) is 230 Å². The fourth-order valence-electron chi connectivity index (χ4n) is 14.9. The summed E-state index contributed by atoms with van der Waals surface area (Å²) in [7, 11) is 0. The van der Waals surface area contributed by atoms with Gasteiger partial charge in [0, 0.05) is 85.1 Å². The van der Waals surface area contributed by atoms with E-state index >= 15 is 0 Å². The maximum atomic E-state index is 13.7. The molecule has 0 aliphatic heterocycles. The van der Waals surface area contributed by atoms with E-state index in [0.717, 1.165) is 87.1 Å². The zero-order valence-electron chi connectivity index (χ0n) is 57.9. The Morgan fingerprint density at radius 3 is 0.958 bits per heavy atom. The van der Waals surface area contributed by atoms with Crippen LogP contribution in [0.25, 0.3) is 85.4 Å². The van der Waals surface area contributed by atoms with Crippen LogP contribution < -0.4 is 0 Å². The number of fused-ring (bicyclic) bond motifs is 7.